The van der Waals surface area contributed by atoms with Gasteiger partial charge in [-0.3, -0.25) is 14.4 Å². The summed E-state index contributed by atoms with van der Waals surface area (Å²) in [5, 5.41) is 25.1. The first kappa shape index (κ1) is 74.9. The van der Waals surface area contributed by atoms with Crippen LogP contribution >= 0.6 is 23.2 Å². The van der Waals surface area contributed by atoms with E-state index in [1.807, 2.05) is 78.2 Å². The molecule has 0 fully saturated rings. The van der Waals surface area contributed by atoms with Gasteiger partial charge in [-0.2, -0.15) is 22.7 Å². The zero-order valence-electron chi connectivity index (χ0n) is 57.5. The topological polar surface area (TPSA) is 254 Å². The van der Waals surface area contributed by atoms with Gasteiger partial charge in [-0.15, -0.1) is 0 Å². The van der Waals surface area contributed by atoms with Gasteiger partial charge < -0.3 is 54.9 Å². The lowest BCUT2D eigenvalue weighted by Crippen LogP contribution is -2.43. The van der Waals surface area contributed by atoms with Crippen LogP contribution in [0.15, 0.2) is 146 Å². The number of amides is 5. The third kappa shape index (κ3) is 17.5. The summed E-state index contributed by atoms with van der Waals surface area (Å²) >= 11 is 11.6. The monoisotopic (exact) mass is 1480 g/mol. The van der Waals surface area contributed by atoms with E-state index in [9.17, 15) is 49.5 Å². The van der Waals surface area contributed by atoms with E-state index in [0.29, 0.717) is 94.8 Å². The highest BCUT2D eigenvalue weighted by Crippen LogP contribution is 2.38. The van der Waals surface area contributed by atoms with E-state index in [0.717, 1.165) is 109 Å². The van der Waals surface area contributed by atoms with Crippen molar-refractivity contribution in [3.05, 3.63) is 207 Å². The molecule has 104 heavy (non-hydrogen) atoms. The molecule has 5 aliphatic heterocycles. The van der Waals surface area contributed by atoms with Crippen molar-refractivity contribution in [3.63, 3.8) is 0 Å². The van der Waals surface area contributed by atoms with E-state index in [1.165, 1.54) is 63.8 Å². The molecular weight excluding hydrogens is 1400 g/mol. The Bertz CT molecular complexity index is 5250. The van der Waals surface area contributed by atoms with Crippen LogP contribution in [-0.4, -0.2) is 171 Å². The molecule has 15 rings (SSSR count). The minimum Gasteiger partial charge on any atom is -0.395 e. The predicted molar refractivity (Wildman–Crippen MR) is 399 cm³/mol. The molecule has 10 aromatic rings. The first-order valence-electron chi connectivity index (χ1n) is 33.8. The van der Waals surface area contributed by atoms with Gasteiger partial charge in [0.1, 0.15) is 11.6 Å². The summed E-state index contributed by atoms with van der Waals surface area (Å²) < 4.78 is 90.3. The molecule has 0 aliphatic carbocycles. The van der Waals surface area contributed by atoms with Gasteiger partial charge in [-0.05, 0) is 127 Å². The molecule has 0 spiro atoms. The van der Waals surface area contributed by atoms with Crippen LogP contribution in [-0.2, 0) is 30.6 Å². The summed E-state index contributed by atoms with van der Waals surface area (Å²) in [7, 11) is -3.17. The molecule has 5 aliphatic rings. The number of benzene rings is 5. The van der Waals surface area contributed by atoms with Crippen LogP contribution in [0.2, 0.25) is 10.0 Å². The SMILES string of the molecule is CC(=O)N1CC=C(c2c[nH]c3cc(Cl)c(F)cc23)CC1.CC(=O)N1CC=C(c2c[nH]c3ccc(C#N)cc23)CC1.CC(=O)N1CC=C(c2c[nH]c3ccc(C(F)(F)F)cc23)CC1.CS(=O)(=O)N1CC=C(c2c[nH]c3cc(Cl)c(F)cc23)CC1.O=C(NCCO)N1CC=C(c2c[nH]c3ccccc23)CC1. The molecular formula is C77H77Cl2F5N12O7S. The molecule has 19 nitrogen and oxygen atoms in total. The van der Waals surface area contributed by atoms with Crippen molar-refractivity contribution in [2.24, 2.45) is 0 Å². The number of fused-ring (bicyclic) bond motifs is 5. The largest absolute Gasteiger partial charge is 0.416 e. The third-order valence-corrected chi connectivity index (χ3v) is 20.9. The van der Waals surface area contributed by atoms with Crippen LogP contribution in [0.3, 0.4) is 0 Å². The van der Waals surface area contributed by atoms with Gasteiger partial charge in [-0.1, -0.05) is 71.8 Å². The fraction of sp³-hybridized carbons (Fsp3) is 0.286. The van der Waals surface area contributed by atoms with E-state index >= 15 is 0 Å². The van der Waals surface area contributed by atoms with Crippen LogP contribution in [0.4, 0.5) is 26.7 Å². The van der Waals surface area contributed by atoms with E-state index in [-0.39, 0.29) is 40.4 Å². The maximum atomic E-state index is 13.6. The van der Waals surface area contributed by atoms with Crippen LogP contribution in [0.1, 0.15) is 91.8 Å². The number of nitrogens with zero attached hydrogens (tertiary/aromatic N) is 6. The number of aliphatic hydroxyl groups excluding tert-OH is 1. The Morgan fingerprint density at radius 3 is 1.27 bits per heavy atom. The fourth-order valence-electron chi connectivity index (χ4n) is 13.3. The lowest BCUT2D eigenvalue weighted by atomic mass is 9.98. The Balaban J connectivity index is 0.000000130. The average Bonchev–Trinajstić information content (AvgIpc) is 1.64. The minimum absolute atomic E-state index is 0.00795. The second-order valence-corrected chi connectivity index (χ2v) is 28.4. The maximum Gasteiger partial charge on any atom is 0.416 e. The number of sulfonamides is 1. The fourth-order valence-corrected chi connectivity index (χ4v) is 14.4. The Morgan fingerprint density at radius 2 is 0.885 bits per heavy atom. The zero-order valence-corrected chi connectivity index (χ0v) is 59.8. The number of aromatic amines is 5. The minimum atomic E-state index is -4.35. The summed E-state index contributed by atoms with van der Waals surface area (Å²) in [5.41, 5.74) is 15.1. The van der Waals surface area contributed by atoms with Gasteiger partial charge in [0.05, 0.1) is 40.1 Å². The highest BCUT2D eigenvalue weighted by Gasteiger charge is 2.32. The van der Waals surface area contributed by atoms with Crippen molar-refractivity contribution in [3.8, 4) is 6.07 Å². The number of para-hydroxylation sites is 1. The molecule has 0 unspecified atom stereocenters. The smallest absolute Gasteiger partial charge is 0.395 e. The van der Waals surface area contributed by atoms with Gasteiger partial charge in [0, 0.05) is 206 Å². The molecule has 0 radical (unpaired) electrons. The number of aromatic nitrogens is 5. The normalized spacial score (nSPS) is 15.8. The third-order valence-electron chi connectivity index (χ3n) is 19.1. The summed E-state index contributed by atoms with van der Waals surface area (Å²) in [6, 6.07) is 25.7. The number of hydrogen-bond donors (Lipinski definition) is 7. The van der Waals surface area contributed by atoms with Gasteiger partial charge >= 0.3 is 12.2 Å². The zero-order chi connectivity index (χ0) is 74.1. The highest BCUT2D eigenvalue weighted by atomic mass is 35.5. The number of nitrogens with one attached hydrogen (secondary N) is 6. The van der Waals surface area contributed by atoms with Crippen LogP contribution in [0.25, 0.3) is 82.4 Å². The quantitative estimate of drug-likeness (QED) is 0.0719. The molecule has 5 aromatic heterocycles. The molecule has 27 heteroatoms. The van der Waals surface area contributed by atoms with Crippen molar-refractivity contribution in [1.82, 2.24) is 54.1 Å². The number of halogens is 7. The second kappa shape index (κ2) is 32.6. The number of hydrogen-bond acceptors (Lipinski definition) is 8. The molecule has 542 valence electrons. The van der Waals surface area contributed by atoms with Crippen LogP contribution < -0.4 is 5.32 Å². The number of carbonyl (C=O) groups excluding carboxylic acids is 4. The van der Waals surface area contributed by atoms with E-state index in [1.54, 1.807) is 46.9 Å². The van der Waals surface area contributed by atoms with Gasteiger partial charge in [0.25, 0.3) is 0 Å². The van der Waals surface area contributed by atoms with Crippen molar-refractivity contribution < 1.29 is 54.7 Å². The Hall–Kier alpha value is -10.2. The summed E-state index contributed by atoms with van der Waals surface area (Å²) in [6.07, 6.45) is 20.0. The number of H-pyrrole nitrogens is 5. The molecule has 0 saturated carbocycles. The molecule has 10 heterocycles. The Labute approximate surface area is 607 Å². The van der Waals surface area contributed by atoms with Crippen LogP contribution in [0, 0.1) is 23.0 Å². The number of nitriles is 1. The second-order valence-electron chi connectivity index (χ2n) is 25.6. The van der Waals surface area contributed by atoms with Gasteiger partial charge in [0.2, 0.25) is 27.7 Å². The summed E-state index contributed by atoms with van der Waals surface area (Å²) in [6.45, 7) is 10.8. The van der Waals surface area contributed by atoms with E-state index in [4.69, 9.17) is 33.6 Å². The van der Waals surface area contributed by atoms with E-state index in [2.05, 4.69) is 60.6 Å². The molecule has 5 aromatic carbocycles. The standard InChI is InChI=1S/C16H15F3N2O.C16H19N3O2.C16H15N3O.C15H14ClFN2O.C14H14ClFN2O2S/c1-10(22)21-6-4-11(5-7-21)14-9-20-15-3-2-12(8-13(14)15)16(17,18)19;20-10-7-17-16(21)19-8-5-12(6-9-19)14-11-18-15-4-2-1-3-13(14)15;1-11(20)19-6-4-13(5-7-19)15-10-18-16-3-2-12(9-17)8-14(15)16;1-9(20)19-4-2-10(3-5-19)12-8-18-15-7-13(16)14(17)6-11(12)15;1-21(19,20)18-4-2-9(3-5-18)11-8-17-14-7-12(15)13(16)6-10(11)14/h2-4,8-9,20H,5-7H2,1H3;1-5,11,18,20H,6-10H2,(H,17,21);2-4,8,10,18H,5-7H2,1H3;2,6-8,18H,3-5H2,1H3;2,6-8,17H,3-5H2,1H3. The molecule has 0 bridgehead atoms. The van der Waals surface area contributed by atoms with E-state index < -0.39 is 33.4 Å². The van der Waals surface area contributed by atoms with Crippen molar-refractivity contribution in [2.45, 2.75) is 59.1 Å². The van der Waals surface area contributed by atoms with Crippen molar-refractivity contribution in [1.29, 1.82) is 5.26 Å². The molecule has 0 atom stereocenters. The number of rotatable bonds is 8. The van der Waals surface area contributed by atoms with Gasteiger partial charge in [0.15, 0.2) is 0 Å². The lowest BCUT2D eigenvalue weighted by Gasteiger charge is -2.26. The predicted octanol–water partition coefficient (Wildman–Crippen LogP) is 15.1. The number of alkyl halides is 3. The lowest BCUT2D eigenvalue weighted by molar-refractivity contribution is -0.137. The number of urea groups is 1. The Morgan fingerprint density at radius 1 is 0.510 bits per heavy atom. The van der Waals surface area contributed by atoms with Gasteiger partial charge in [-0.25, -0.2) is 22.0 Å². The van der Waals surface area contributed by atoms with Crippen molar-refractivity contribution in [2.75, 3.05) is 84.9 Å². The average molecular weight is 1480 g/mol. The molecule has 7 N–H and O–H groups in total. The molecule has 5 amide bonds. The number of aliphatic hydroxyl groups is 1. The highest BCUT2D eigenvalue weighted by molar-refractivity contribution is 7.88. The maximum absolute atomic E-state index is 13.6. The van der Waals surface area contributed by atoms with Crippen LogP contribution in [0.5, 0.6) is 0 Å². The first-order valence-corrected chi connectivity index (χ1v) is 36.4. The summed E-state index contributed by atoms with van der Waals surface area (Å²) in [4.78, 5) is 68.6. The van der Waals surface area contributed by atoms with Crippen molar-refractivity contribution >= 4 is 139 Å². The number of carbonyl (C=O) groups is 4. The molecule has 0 saturated heterocycles. The summed E-state index contributed by atoms with van der Waals surface area (Å²) in [5.74, 6) is -0.669. The Kier molecular flexibility index (Phi) is 23.5. The first-order chi connectivity index (χ1) is 49.8.